The summed E-state index contributed by atoms with van der Waals surface area (Å²) in [5.41, 5.74) is 0. The quantitative estimate of drug-likeness (QED) is 0.609. The van der Waals surface area contributed by atoms with E-state index in [0.717, 1.165) is 19.5 Å². The molecule has 104 valence electrons. The average molecular weight is 244 g/mol. The molecule has 1 N–H and O–H groups in total. The van der Waals surface area contributed by atoms with Gasteiger partial charge in [0.2, 0.25) is 6.41 Å². The molecule has 0 bridgehead atoms. The first kappa shape index (κ1) is 18.8. The van der Waals surface area contributed by atoms with E-state index in [2.05, 4.69) is 31.2 Å². The van der Waals surface area contributed by atoms with Crippen LogP contribution in [-0.2, 0) is 4.79 Å². The second-order valence-corrected chi connectivity index (χ2v) is 4.59. The van der Waals surface area contributed by atoms with Crippen LogP contribution in [0.2, 0.25) is 0 Å². The predicted octanol–water partition coefficient (Wildman–Crippen LogP) is 3.05. The Hall–Kier alpha value is -0.570. The maximum Gasteiger partial charge on any atom is 0.207 e. The van der Waals surface area contributed by atoms with Crippen LogP contribution in [0.5, 0.6) is 0 Å². The molecule has 0 unspecified atom stereocenters. The number of hydrogen-bond donors (Lipinski definition) is 1. The van der Waals surface area contributed by atoms with Gasteiger partial charge in [-0.3, -0.25) is 4.79 Å². The van der Waals surface area contributed by atoms with Crippen LogP contribution in [0.3, 0.4) is 0 Å². The monoisotopic (exact) mass is 244 g/mol. The first-order valence-corrected chi connectivity index (χ1v) is 7.00. The lowest BCUT2D eigenvalue weighted by molar-refractivity contribution is -0.109. The van der Waals surface area contributed by atoms with Crippen LogP contribution >= 0.6 is 0 Å². The summed E-state index contributed by atoms with van der Waals surface area (Å²) in [5, 5.41) is 2.52. The van der Waals surface area contributed by atoms with Crippen LogP contribution in [0.1, 0.15) is 58.8 Å². The largest absolute Gasteiger partial charge is 0.359 e. The van der Waals surface area contributed by atoms with Crippen LogP contribution in [0, 0.1) is 0 Å². The number of nitrogens with zero attached hydrogens (tertiary/aromatic N) is 1. The lowest BCUT2D eigenvalue weighted by Gasteiger charge is -2.05. The van der Waals surface area contributed by atoms with Gasteiger partial charge in [-0.15, -0.1) is 0 Å². The minimum absolute atomic E-state index is 0.712. The molecule has 0 aromatic rings. The lowest BCUT2D eigenvalue weighted by atomic mass is 10.0. The van der Waals surface area contributed by atoms with Gasteiger partial charge in [0.05, 0.1) is 0 Å². The molecule has 0 heterocycles. The summed E-state index contributed by atoms with van der Waals surface area (Å²) >= 11 is 0. The van der Waals surface area contributed by atoms with E-state index in [0.29, 0.717) is 6.41 Å². The van der Waals surface area contributed by atoms with Gasteiger partial charge in [0, 0.05) is 6.54 Å². The van der Waals surface area contributed by atoms with Crippen LogP contribution in [0.15, 0.2) is 0 Å². The van der Waals surface area contributed by atoms with Crippen molar-refractivity contribution < 1.29 is 4.79 Å². The van der Waals surface area contributed by atoms with Crippen molar-refractivity contribution in [2.45, 2.75) is 58.8 Å². The van der Waals surface area contributed by atoms with E-state index in [9.17, 15) is 4.79 Å². The summed E-state index contributed by atoms with van der Waals surface area (Å²) in [6, 6.07) is 0. The summed E-state index contributed by atoms with van der Waals surface area (Å²) in [6.07, 6.45) is 10.7. The molecule has 0 spiro atoms. The second kappa shape index (κ2) is 17.8. The average Bonchev–Trinajstić information content (AvgIpc) is 2.39. The Morgan fingerprint density at radius 1 is 1.00 bits per heavy atom. The first-order chi connectivity index (χ1) is 8.18. The second-order valence-electron chi connectivity index (χ2n) is 4.59. The summed E-state index contributed by atoms with van der Waals surface area (Å²) in [6.45, 7) is 6.07. The molecule has 0 atom stereocenters. The van der Waals surface area contributed by atoms with E-state index in [1.165, 1.54) is 38.5 Å². The van der Waals surface area contributed by atoms with Crippen LogP contribution in [0.25, 0.3) is 0 Å². The van der Waals surface area contributed by atoms with Gasteiger partial charge in [0.25, 0.3) is 0 Å². The fourth-order valence-corrected chi connectivity index (χ4v) is 1.26. The highest BCUT2D eigenvalue weighted by Crippen LogP contribution is 2.15. The van der Waals surface area contributed by atoms with E-state index in [1.807, 2.05) is 6.92 Å². The number of carbonyl (C=O) groups is 1. The minimum atomic E-state index is 0.712. The zero-order valence-electron chi connectivity index (χ0n) is 12.3. The molecule has 0 aliphatic heterocycles. The SMILES string of the molecule is C1CCCCC1.CCCNC=O.CCN(C)C. The molecule has 0 aromatic heterocycles. The highest BCUT2D eigenvalue weighted by molar-refractivity contribution is 5.45. The van der Waals surface area contributed by atoms with Crippen molar-refractivity contribution in [3.63, 3.8) is 0 Å². The van der Waals surface area contributed by atoms with E-state index in [-0.39, 0.29) is 0 Å². The Morgan fingerprint density at radius 2 is 1.35 bits per heavy atom. The highest BCUT2D eigenvalue weighted by atomic mass is 16.1. The molecule has 0 radical (unpaired) electrons. The van der Waals surface area contributed by atoms with Gasteiger partial charge in [-0.2, -0.15) is 0 Å². The maximum atomic E-state index is 9.45. The van der Waals surface area contributed by atoms with Crippen molar-refractivity contribution in [2.24, 2.45) is 0 Å². The van der Waals surface area contributed by atoms with E-state index in [4.69, 9.17) is 0 Å². The van der Waals surface area contributed by atoms with E-state index in [1.54, 1.807) is 0 Å². The summed E-state index contributed by atoms with van der Waals surface area (Å²) in [5.74, 6) is 0. The summed E-state index contributed by atoms with van der Waals surface area (Å²) in [4.78, 5) is 11.6. The van der Waals surface area contributed by atoms with Crippen molar-refractivity contribution in [3.05, 3.63) is 0 Å². The van der Waals surface area contributed by atoms with Gasteiger partial charge < -0.3 is 10.2 Å². The molecule has 3 heteroatoms. The molecule has 1 rings (SSSR count). The van der Waals surface area contributed by atoms with Crippen molar-refractivity contribution in [3.8, 4) is 0 Å². The third-order valence-corrected chi connectivity index (χ3v) is 2.61. The van der Waals surface area contributed by atoms with Gasteiger partial charge in [0.1, 0.15) is 0 Å². The van der Waals surface area contributed by atoms with Crippen molar-refractivity contribution in [1.82, 2.24) is 10.2 Å². The van der Waals surface area contributed by atoms with Crippen molar-refractivity contribution >= 4 is 6.41 Å². The topological polar surface area (TPSA) is 32.3 Å². The maximum absolute atomic E-state index is 9.45. The van der Waals surface area contributed by atoms with Gasteiger partial charge in [0.15, 0.2) is 0 Å². The van der Waals surface area contributed by atoms with E-state index >= 15 is 0 Å². The third kappa shape index (κ3) is 25.6. The molecule has 1 fully saturated rings. The Kier molecular flexibility index (Phi) is 19.7. The molecule has 1 aliphatic rings. The molecular weight excluding hydrogens is 212 g/mol. The zero-order chi connectivity index (χ0) is 13.4. The summed E-state index contributed by atoms with van der Waals surface area (Å²) < 4.78 is 0. The molecule has 0 aromatic carbocycles. The third-order valence-electron chi connectivity index (χ3n) is 2.61. The Bertz CT molecular complexity index is 123. The molecular formula is C14H32N2O. The van der Waals surface area contributed by atoms with Gasteiger partial charge in [-0.1, -0.05) is 52.4 Å². The normalized spacial score (nSPS) is 13.9. The first-order valence-electron chi connectivity index (χ1n) is 7.00. The van der Waals surface area contributed by atoms with Crippen molar-refractivity contribution in [2.75, 3.05) is 27.2 Å². The Balaban J connectivity index is 0. The molecule has 1 saturated carbocycles. The zero-order valence-corrected chi connectivity index (χ0v) is 12.3. The fourth-order valence-electron chi connectivity index (χ4n) is 1.26. The minimum Gasteiger partial charge on any atom is -0.359 e. The molecule has 0 saturated heterocycles. The van der Waals surface area contributed by atoms with Gasteiger partial charge >= 0.3 is 0 Å². The van der Waals surface area contributed by atoms with Crippen LogP contribution in [-0.4, -0.2) is 38.5 Å². The van der Waals surface area contributed by atoms with Crippen LogP contribution in [0.4, 0.5) is 0 Å². The number of amides is 1. The molecule has 1 amide bonds. The Morgan fingerprint density at radius 3 is 1.47 bits per heavy atom. The molecule has 1 aliphatic carbocycles. The number of carbonyl (C=O) groups excluding carboxylic acids is 1. The highest BCUT2D eigenvalue weighted by Gasteiger charge is 1.95. The summed E-state index contributed by atoms with van der Waals surface area (Å²) in [7, 11) is 4.11. The van der Waals surface area contributed by atoms with Crippen molar-refractivity contribution in [1.29, 1.82) is 0 Å². The molecule has 3 nitrogen and oxygen atoms in total. The van der Waals surface area contributed by atoms with E-state index < -0.39 is 0 Å². The predicted molar refractivity (Wildman–Crippen MR) is 76.3 cm³/mol. The number of hydrogen-bond acceptors (Lipinski definition) is 2. The Labute approximate surface area is 108 Å². The number of nitrogens with one attached hydrogen (secondary N) is 1. The fraction of sp³-hybridized carbons (Fsp3) is 0.929. The smallest absolute Gasteiger partial charge is 0.207 e. The van der Waals surface area contributed by atoms with Gasteiger partial charge in [-0.25, -0.2) is 0 Å². The van der Waals surface area contributed by atoms with Crippen LogP contribution < -0.4 is 5.32 Å². The van der Waals surface area contributed by atoms with Gasteiger partial charge in [-0.05, 0) is 27.1 Å². The molecule has 17 heavy (non-hydrogen) atoms. The lowest BCUT2D eigenvalue weighted by Crippen LogP contribution is -2.10. The number of rotatable bonds is 4. The standard InChI is InChI=1S/C6H12.C4H9NO.C4H11N/c1-2-4-6-5-3-1;1-2-3-5-4-6;1-4-5(2)3/h1-6H2;4H,2-3H2,1H3,(H,5,6);4H2,1-3H3.